The third kappa shape index (κ3) is 5.18. The smallest absolute Gasteiger partial charge is 0.264 e. The number of halogens is 2. The van der Waals surface area contributed by atoms with Gasteiger partial charge in [0.25, 0.3) is 10.0 Å². The Morgan fingerprint density at radius 3 is 2.18 bits per heavy atom. The predicted octanol–water partition coefficient (Wildman–Crippen LogP) is 4.33. The van der Waals surface area contributed by atoms with Crippen LogP contribution in [-0.4, -0.2) is 51.9 Å². The number of hydrogen-bond acceptors (Lipinski definition) is 4. The molecule has 3 aromatic rings. The zero-order valence-corrected chi connectivity index (χ0v) is 20.3. The summed E-state index contributed by atoms with van der Waals surface area (Å²) in [7, 11) is -4.00. The molecule has 4 rings (SSSR count). The van der Waals surface area contributed by atoms with Crippen LogP contribution in [-0.2, 0) is 14.8 Å². The Morgan fingerprint density at radius 1 is 0.941 bits per heavy atom. The first-order valence-corrected chi connectivity index (χ1v) is 12.7. The molecule has 1 aliphatic rings. The molecule has 1 amide bonds. The van der Waals surface area contributed by atoms with Gasteiger partial charge in [0.2, 0.25) is 5.91 Å². The van der Waals surface area contributed by atoms with E-state index in [1.54, 1.807) is 29.2 Å². The molecule has 6 nitrogen and oxygen atoms in total. The Labute approximate surface area is 204 Å². The highest BCUT2D eigenvalue weighted by molar-refractivity contribution is 7.92. The van der Waals surface area contributed by atoms with Crippen molar-refractivity contribution in [3.8, 4) is 0 Å². The van der Waals surface area contributed by atoms with Crippen LogP contribution in [0.25, 0.3) is 0 Å². The van der Waals surface area contributed by atoms with Crippen LogP contribution in [0.5, 0.6) is 0 Å². The molecule has 0 spiro atoms. The van der Waals surface area contributed by atoms with E-state index in [0.29, 0.717) is 36.9 Å². The molecule has 1 heterocycles. The molecule has 0 aromatic heterocycles. The molecule has 9 heteroatoms. The Kier molecular flexibility index (Phi) is 7.09. The SMILES string of the molecule is Cc1ccccc1N(CC(=O)N1CCN(c2ccc(F)cc2)CC1)S(=O)(=O)c1ccc(Cl)cc1. The second-order valence-electron chi connectivity index (χ2n) is 8.10. The van der Waals surface area contributed by atoms with Crippen LogP contribution in [0.3, 0.4) is 0 Å². The zero-order valence-electron chi connectivity index (χ0n) is 18.7. The standard InChI is InChI=1S/C25H25ClFN3O3S/c1-19-4-2-3-5-24(19)30(34(32,33)23-12-6-20(26)7-13-23)18-25(31)29-16-14-28(15-17-29)22-10-8-21(27)9-11-22/h2-13H,14-18H2,1H3. The first-order valence-electron chi connectivity index (χ1n) is 10.9. The molecule has 0 N–H and O–H groups in total. The summed E-state index contributed by atoms with van der Waals surface area (Å²) in [5.74, 6) is -0.574. The number of hydrogen-bond donors (Lipinski definition) is 0. The average molecular weight is 502 g/mol. The maximum absolute atomic E-state index is 13.6. The van der Waals surface area contributed by atoms with Crippen LogP contribution in [0.4, 0.5) is 15.8 Å². The maximum atomic E-state index is 13.6. The van der Waals surface area contributed by atoms with Gasteiger partial charge in [0, 0.05) is 36.9 Å². The van der Waals surface area contributed by atoms with Gasteiger partial charge in [-0.3, -0.25) is 9.10 Å². The largest absolute Gasteiger partial charge is 0.368 e. The van der Waals surface area contributed by atoms with Gasteiger partial charge in [0.15, 0.2) is 0 Å². The summed E-state index contributed by atoms with van der Waals surface area (Å²) >= 11 is 5.94. The van der Waals surface area contributed by atoms with Crippen molar-refractivity contribution in [3.63, 3.8) is 0 Å². The van der Waals surface area contributed by atoms with Crippen LogP contribution in [0.1, 0.15) is 5.56 Å². The fourth-order valence-corrected chi connectivity index (χ4v) is 5.57. The molecule has 0 radical (unpaired) electrons. The molecular formula is C25H25ClFN3O3S. The summed E-state index contributed by atoms with van der Waals surface area (Å²) in [5.41, 5.74) is 2.09. The molecule has 1 saturated heterocycles. The molecule has 0 atom stereocenters. The van der Waals surface area contributed by atoms with Crippen molar-refractivity contribution < 1.29 is 17.6 Å². The van der Waals surface area contributed by atoms with Crippen molar-refractivity contribution in [1.29, 1.82) is 0 Å². The van der Waals surface area contributed by atoms with Crippen molar-refractivity contribution in [2.45, 2.75) is 11.8 Å². The Morgan fingerprint density at radius 2 is 1.56 bits per heavy atom. The quantitative estimate of drug-likeness (QED) is 0.504. The van der Waals surface area contributed by atoms with Crippen LogP contribution in [0.2, 0.25) is 5.02 Å². The number of aryl methyl sites for hydroxylation is 1. The van der Waals surface area contributed by atoms with Crippen molar-refractivity contribution in [3.05, 3.63) is 89.2 Å². The van der Waals surface area contributed by atoms with Gasteiger partial charge < -0.3 is 9.80 Å². The highest BCUT2D eigenvalue weighted by atomic mass is 35.5. The number of carbonyl (C=O) groups is 1. The molecule has 178 valence electrons. The number of sulfonamides is 1. The summed E-state index contributed by atoms with van der Waals surface area (Å²) in [6.07, 6.45) is 0. The Balaban J connectivity index is 1.54. The normalized spacial score (nSPS) is 14.2. The number of piperazine rings is 1. The highest BCUT2D eigenvalue weighted by Crippen LogP contribution is 2.28. The second-order valence-corrected chi connectivity index (χ2v) is 10.4. The maximum Gasteiger partial charge on any atom is 0.264 e. The van der Waals surface area contributed by atoms with Crippen LogP contribution in [0, 0.1) is 12.7 Å². The van der Waals surface area contributed by atoms with E-state index in [1.165, 1.54) is 40.7 Å². The number of anilines is 2. The number of para-hydroxylation sites is 1. The number of rotatable bonds is 6. The molecule has 3 aromatic carbocycles. The van der Waals surface area contributed by atoms with Crippen molar-refractivity contribution in [2.75, 3.05) is 41.9 Å². The van der Waals surface area contributed by atoms with Gasteiger partial charge in [-0.1, -0.05) is 29.8 Å². The van der Waals surface area contributed by atoms with Gasteiger partial charge in [0.05, 0.1) is 10.6 Å². The molecule has 1 fully saturated rings. The molecule has 1 aliphatic heterocycles. The minimum Gasteiger partial charge on any atom is -0.368 e. The lowest BCUT2D eigenvalue weighted by Crippen LogP contribution is -2.52. The van der Waals surface area contributed by atoms with Gasteiger partial charge in [-0.15, -0.1) is 0 Å². The lowest BCUT2D eigenvalue weighted by Gasteiger charge is -2.37. The van der Waals surface area contributed by atoms with Crippen LogP contribution >= 0.6 is 11.6 Å². The monoisotopic (exact) mass is 501 g/mol. The van der Waals surface area contributed by atoms with Crippen molar-refractivity contribution >= 4 is 38.9 Å². The number of amides is 1. The summed E-state index contributed by atoms with van der Waals surface area (Å²) in [6.45, 7) is 3.53. The van der Waals surface area contributed by atoms with E-state index in [9.17, 15) is 17.6 Å². The van der Waals surface area contributed by atoms with Crippen LogP contribution in [0.15, 0.2) is 77.7 Å². The third-order valence-electron chi connectivity index (χ3n) is 5.89. The van der Waals surface area contributed by atoms with Gasteiger partial charge in [-0.25, -0.2) is 12.8 Å². The minimum absolute atomic E-state index is 0.0640. The number of carbonyl (C=O) groups excluding carboxylic acids is 1. The van der Waals surface area contributed by atoms with Gasteiger partial charge >= 0.3 is 0 Å². The molecule has 0 bridgehead atoms. The summed E-state index contributed by atoms with van der Waals surface area (Å²) < 4.78 is 41.5. The van der Waals surface area contributed by atoms with E-state index >= 15 is 0 Å². The summed E-state index contributed by atoms with van der Waals surface area (Å²) in [5, 5.41) is 0.427. The third-order valence-corrected chi connectivity index (χ3v) is 7.91. The fourth-order valence-electron chi connectivity index (χ4n) is 3.97. The molecule has 34 heavy (non-hydrogen) atoms. The second kappa shape index (κ2) is 10.0. The lowest BCUT2D eigenvalue weighted by atomic mass is 10.2. The first-order chi connectivity index (χ1) is 16.3. The van der Waals surface area contributed by atoms with E-state index in [1.807, 2.05) is 19.1 Å². The van der Waals surface area contributed by atoms with Crippen molar-refractivity contribution in [1.82, 2.24) is 4.90 Å². The molecule has 0 unspecified atom stereocenters. The fraction of sp³-hybridized carbons (Fsp3) is 0.240. The Hall–Kier alpha value is -3.10. The van der Waals surface area contributed by atoms with E-state index in [2.05, 4.69) is 4.90 Å². The first kappa shape index (κ1) is 24.0. The van der Waals surface area contributed by atoms with E-state index in [0.717, 1.165) is 11.3 Å². The van der Waals surface area contributed by atoms with E-state index < -0.39 is 10.0 Å². The van der Waals surface area contributed by atoms with E-state index in [-0.39, 0.29) is 23.2 Å². The number of benzene rings is 3. The topological polar surface area (TPSA) is 60.9 Å². The zero-order chi connectivity index (χ0) is 24.3. The number of nitrogens with zero attached hydrogens (tertiary/aromatic N) is 3. The average Bonchev–Trinajstić information content (AvgIpc) is 2.84. The van der Waals surface area contributed by atoms with Gasteiger partial charge in [-0.05, 0) is 67.1 Å². The molecular weight excluding hydrogens is 477 g/mol. The van der Waals surface area contributed by atoms with Gasteiger partial charge in [-0.2, -0.15) is 0 Å². The van der Waals surface area contributed by atoms with E-state index in [4.69, 9.17) is 11.6 Å². The Bertz CT molecular complexity index is 1260. The highest BCUT2D eigenvalue weighted by Gasteiger charge is 2.31. The van der Waals surface area contributed by atoms with Crippen molar-refractivity contribution in [2.24, 2.45) is 0 Å². The summed E-state index contributed by atoms with van der Waals surface area (Å²) in [6, 6.07) is 19.2. The lowest BCUT2D eigenvalue weighted by molar-refractivity contribution is -0.129. The van der Waals surface area contributed by atoms with Crippen LogP contribution < -0.4 is 9.21 Å². The predicted molar refractivity (Wildman–Crippen MR) is 132 cm³/mol. The minimum atomic E-state index is -4.00. The molecule has 0 aliphatic carbocycles. The summed E-state index contributed by atoms with van der Waals surface area (Å²) in [4.78, 5) is 17.1. The molecule has 0 saturated carbocycles. The van der Waals surface area contributed by atoms with Gasteiger partial charge in [0.1, 0.15) is 12.4 Å².